The van der Waals surface area contributed by atoms with Crippen LogP contribution in [0, 0.1) is 0 Å². The first-order valence-electron chi connectivity index (χ1n) is 7.04. The highest BCUT2D eigenvalue weighted by atomic mass is 35.5. The first kappa shape index (κ1) is 17.4. The van der Waals surface area contributed by atoms with E-state index in [4.69, 9.17) is 17.3 Å². The minimum atomic E-state index is -0.380. The number of hydrogen-bond donors (Lipinski definition) is 3. The highest BCUT2D eigenvalue weighted by Crippen LogP contribution is 2.09. The molecule has 0 saturated heterocycles. The van der Waals surface area contributed by atoms with Gasteiger partial charge in [0.05, 0.1) is 11.4 Å². The summed E-state index contributed by atoms with van der Waals surface area (Å²) in [4.78, 5) is 27.7. The first-order valence-corrected chi connectivity index (χ1v) is 7.42. The zero-order valence-electron chi connectivity index (χ0n) is 12.9. The van der Waals surface area contributed by atoms with E-state index in [0.717, 1.165) is 0 Å². The van der Waals surface area contributed by atoms with Crippen molar-refractivity contribution in [1.29, 1.82) is 0 Å². The van der Waals surface area contributed by atoms with Crippen LogP contribution in [0.15, 0.2) is 47.7 Å². The predicted octanol–water partition coefficient (Wildman–Crippen LogP) is 2.45. The Bertz CT molecular complexity index is 757. The number of amides is 2. The second kappa shape index (κ2) is 8.07. The number of rotatable bonds is 5. The Balaban J connectivity index is 1.86. The van der Waals surface area contributed by atoms with Crippen LogP contribution in [0.4, 0.5) is 11.5 Å². The van der Waals surface area contributed by atoms with Gasteiger partial charge in [0.1, 0.15) is 5.82 Å². The molecule has 0 unspecified atom stereocenters. The molecule has 1 aromatic carbocycles. The van der Waals surface area contributed by atoms with Crippen molar-refractivity contribution in [2.24, 2.45) is 5.10 Å². The van der Waals surface area contributed by atoms with Gasteiger partial charge in [-0.25, -0.2) is 10.4 Å². The van der Waals surface area contributed by atoms with Gasteiger partial charge in [0.2, 0.25) is 5.91 Å². The van der Waals surface area contributed by atoms with Gasteiger partial charge < -0.3 is 11.1 Å². The number of aromatic nitrogens is 1. The fourth-order valence-electron chi connectivity index (χ4n) is 1.75. The zero-order valence-corrected chi connectivity index (χ0v) is 13.7. The van der Waals surface area contributed by atoms with Crippen molar-refractivity contribution in [2.75, 3.05) is 11.1 Å². The fraction of sp³-hybridized carbons (Fsp3) is 0.125. The average molecular weight is 346 g/mol. The molecule has 0 aliphatic carbocycles. The van der Waals surface area contributed by atoms with Gasteiger partial charge in [-0.05, 0) is 43.3 Å². The Hall–Kier alpha value is -2.93. The Morgan fingerprint density at radius 3 is 2.54 bits per heavy atom. The molecule has 0 aliphatic heterocycles. The lowest BCUT2D eigenvalue weighted by Gasteiger charge is -2.05. The molecule has 1 aromatic heterocycles. The van der Waals surface area contributed by atoms with Gasteiger partial charge in [-0.15, -0.1) is 0 Å². The molecule has 0 radical (unpaired) electrons. The number of anilines is 2. The number of carbonyl (C=O) groups is 2. The monoisotopic (exact) mass is 345 g/mol. The minimum Gasteiger partial charge on any atom is -0.399 e. The highest BCUT2D eigenvalue weighted by Gasteiger charge is 2.07. The summed E-state index contributed by atoms with van der Waals surface area (Å²) < 4.78 is 0. The molecule has 7 nitrogen and oxygen atoms in total. The van der Waals surface area contributed by atoms with Gasteiger partial charge in [-0.1, -0.05) is 11.6 Å². The van der Waals surface area contributed by atoms with E-state index in [-0.39, 0.29) is 18.2 Å². The molecule has 4 N–H and O–H groups in total. The largest absolute Gasteiger partial charge is 0.399 e. The Morgan fingerprint density at radius 1 is 1.21 bits per heavy atom. The molecule has 0 saturated carbocycles. The quantitative estimate of drug-likeness (QED) is 0.439. The lowest BCUT2D eigenvalue weighted by atomic mass is 10.2. The van der Waals surface area contributed by atoms with E-state index in [1.54, 1.807) is 43.3 Å². The molecule has 124 valence electrons. The van der Waals surface area contributed by atoms with Crippen LogP contribution in [-0.2, 0) is 4.79 Å². The Labute approximate surface area is 143 Å². The molecule has 1 heterocycles. The van der Waals surface area contributed by atoms with Crippen molar-refractivity contribution >= 4 is 40.6 Å². The summed E-state index contributed by atoms with van der Waals surface area (Å²) in [5.74, 6) is -0.287. The van der Waals surface area contributed by atoms with Crippen LogP contribution >= 0.6 is 11.6 Å². The maximum absolute atomic E-state index is 11.9. The van der Waals surface area contributed by atoms with Crippen LogP contribution in [0.1, 0.15) is 23.7 Å². The maximum atomic E-state index is 11.9. The van der Waals surface area contributed by atoms with E-state index >= 15 is 0 Å². The number of nitrogens with two attached hydrogens (primary N) is 1. The van der Waals surface area contributed by atoms with Gasteiger partial charge in [0.15, 0.2) is 0 Å². The van der Waals surface area contributed by atoms with E-state index in [2.05, 4.69) is 20.8 Å². The number of hydrogen-bond acceptors (Lipinski definition) is 5. The Morgan fingerprint density at radius 2 is 1.92 bits per heavy atom. The maximum Gasteiger partial charge on any atom is 0.271 e. The van der Waals surface area contributed by atoms with Crippen molar-refractivity contribution in [3.8, 4) is 0 Å². The van der Waals surface area contributed by atoms with E-state index in [1.807, 2.05) is 0 Å². The summed E-state index contributed by atoms with van der Waals surface area (Å²) in [5, 5.41) is 6.99. The predicted molar refractivity (Wildman–Crippen MR) is 93.9 cm³/mol. The zero-order chi connectivity index (χ0) is 17.5. The molecule has 0 fully saturated rings. The molecule has 2 amide bonds. The number of halogens is 1. The standard InChI is InChI=1S/C16H16ClN5O2/c1-10(8-15(23)20-14-7-4-12(17)9-19-14)21-22-16(24)11-2-5-13(18)6-3-11/h2-7,9H,8,18H2,1H3,(H,22,24)(H,19,20,23)/b21-10-. The third-order valence-electron chi connectivity index (χ3n) is 2.93. The van der Waals surface area contributed by atoms with Crippen molar-refractivity contribution in [3.63, 3.8) is 0 Å². The summed E-state index contributed by atoms with van der Waals surface area (Å²) in [6.45, 7) is 1.64. The molecule has 0 bridgehead atoms. The number of pyridine rings is 1. The normalized spacial score (nSPS) is 11.0. The van der Waals surface area contributed by atoms with Crippen molar-refractivity contribution < 1.29 is 9.59 Å². The van der Waals surface area contributed by atoms with Gasteiger partial charge >= 0.3 is 0 Å². The molecule has 0 spiro atoms. The molecule has 2 aromatic rings. The van der Waals surface area contributed by atoms with Crippen molar-refractivity contribution in [3.05, 3.63) is 53.2 Å². The number of carbonyl (C=O) groups excluding carboxylic acids is 2. The number of nitrogen functional groups attached to an aromatic ring is 1. The van der Waals surface area contributed by atoms with E-state index in [0.29, 0.717) is 27.8 Å². The van der Waals surface area contributed by atoms with Crippen LogP contribution in [0.3, 0.4) is 0 Å². The van der Waals surface area contributed by atoms with E-state index < -0.39 is 0 Å². The van der Waals surface area contributed by atoms with Crippen LogP contribution in [0.25, 0.3) is 0 Å². The second-order valence-electron chi connectivity index (χ2n) is 5.00. The molecule has 0 atom stereocenters. The third-order valence-corrected chi connectivity index (χ3v) is 3.16. The topological polar surface area (TPSA) is 109 Å². The summed E-state index contributed by atoms with van der Waals surface area (Å²) in [7, 11) is 0. The Kier molecular flexibility index (Phi) is 5.86. The number of nitrogens with one attached hydrogen (secondary N) is 2. The number of hydrazone groups is 1. The van der Waals surface area contributed by atoms with E-state index in [9.17, 15) is 9.59 Å². The van der Waals surface area contributed by atoms with Crippen LogP contribution in [0.2, 0.25) is 5.02 Å². The summed E-state index contributed by atoms with van der Waals surface area (Å²) in [5.41, 5.74) is 9.39. The second-order valence-corrected chi connectivity index (χ2v) is 5.43. The van der Waals surface area contributed by atoms with Crippen molar-refractivity contribution in [1.82, 2.24) is 10.4 Å². The van der Waals surface area contributed by atoms with E-state index in [1.165, 1.54) is 6.20 Å². The molecule has 8 heteroatoms. The molecule has 2 rings (SSSR count). The van der Waals surface area contributed by atoms with Gasteiger partial charge in [-0.3, -0.25) is 9.59 Å². The van der Waals surface area contributed by atoms with Gasteiger partial charge in [0, 0.05) is 23.2 Å². The molecule has 24 heavy (non-hydrogen) atoms. The van der Waals surface area contributed by atoms with Crippen LogP contribution < -0.4 is 16.5 Å². The van der Waals surface area contributed by atoms with Crippen LogP contribution in [0.5, 0.6) is 0 Å². The van der Waals surface area contributed by atoms with Crippen molar-refractivity contribution in [2.45, 2.75) is 13.3 Å². The van der Waals surface area contributed by atoms with Gasteiger partial charge in [-0.2, -0.15) is 5.10 Å². The fourth-order valence-corrected chi connectivity index (χ4v) is 1.87. The highest BCUT2D eigenvalue weighted by molar-refractivity contribution is 6.30. The summed E-state index contributed by atoms with van der Waals surface area (Å²) >= 11 is 5.72. The molecule has 0 aliphatic rings. The molecular formula is C16H16ClN5O2. The first-order chi connectivity index (χ1) is 11.4. The summed E-state index contributed by atoms with van der Waals surface area (Å²) in [6.07, 6.45) is 1.46. The number of nitrogens with zero attached hydrogens (tertiary/aromatic N) is 2. The average Bonchev–Trinajstić information content (AvgIpc) is 2.55. The minimum absolute atomic E-state index is 0.0202. The summed E-state index contributed by atoms with van der Waals surface area (Å²) in [6, 6.07) is 9.65. The SMILES string of the molecule is C/C(CC(=O)Nc1ccc(Cl)cn1)=N/NC(=O)c1ccc(N)cc1. The lowest BCUT2D eigenvalue weighted by Crippen LogP contribution is -2.21. The smallest absolute Gasteiger partial charge is 0.271 e. The van der Waals surface area contributed by atoms with Gasteiger partial charge in [0.25, 0.3) is 5.91 Å². The van der Waals surface area contributed by atoms with Crippen LogP contribution in [-0.4, -0.2) is 22.5 Å². The number of benzene rings is 1. The lowest BCUT2D eigenvalue weighted by molar-refractivity contribution is -0.115. The third kappa shape index (κ3) is 5.36. The molecular weight excluding hydrogens is 330 g/mol.